The van der Waals surface area contributed by atoms with E-state index in [2.05, 4.69) is 15.6 Å². The molecule has 156 valence electrons. The summed E-state index contributed by atoms with van der Waals surface area (Å²) in [6.07, 6.45) is -0.762. The van der Waals surface area contributed by atoms with Crippen molar-refractivity contribution in [2.24, 2.45) is 10.7 Å². The van der Waals surface area contributed by atoms with Crippen LogP contribution in [0.5, 0.6) is 0 Å². The van der Waals surface area contributed by atoms with Crippen molar-refractivity contribution in [2.45, 2.75) is 18.6 Å². The zero-order valence-corrected chi connectivity index (χ0v) is 17.3. The number of nitrogens with one attached hydrogen (secondary N) is 2. The Morgan fingerprint density at radius 2 is 1.71 bits per heavy atom. The minimum atomic E-state index is -1.12. The molecular weight excluding hydrogens is 412 g/mol. The molecule has 1 aliphatic heterocycles. The van der Waals surface area contributed by atoms with Gasteiger partial charge < -0.3 is 16.4 Å². The second-order valence-electron chi connectivity index (χ2n) is 7.23. The number of rotatable bonds is 5. The van der Waals surface area contributed by atoms with Gasteiger partial charge in [0.1, 0.15) is 0 Å². The number of halogens is 1. The summed E-state index contributed by atoms with van der Waals surface area (Å²) >= 11 is 6.03. The lowest BCUT2D eigenvalue weighted by Gasteiger charge is -2.17. The molecule has 0 aliphatic carbocycles. The number of aliphatic imine (C=N–C) groups is 1. The third kappa shape index (κ3) is 4.82. The highest BCUT2D eigenvalue weighted by Gasteiger charge is 2.28. The summed E-state index contributed by atoms with van der Waals surface area (Å²) in [7, 11) is 0. The number of benzodiazepines with no additional fused rings is 1. The first kappa shape index (κ1) is 20.8. The van der Waals surface area contributed by atoms with E-state index in [0.717, 1.165) is 16.7 Å². The van der Waals surface area contributed by atoms with Crippen LogP contribution in [-0.4, -0.2) is 29.7 Å². The first-order chi connectivity index (χ1) is 15.0. The summed E-state index contributed by atoms with van der Waals surface area (Å²) < 4.78 is 0. The molecule has 0 radical (unpaired) electrons. The van der Waals surface area contributed by atoms with Gasteiger partial charge >= 0.3 is 0 Å². The van der Waals surface area contributed by atoms with Crippen molar-refractivity contribution in [1.82, 2.24) is 5.32 Å². The van der Waals surface area contributed by atoms with Crippen molar-refractivity contribution in [3.8, 4) is 0 Å². The number of hydrogen-bond acceptors (Lipinski definition) is 4. The Morgan fingerprint density at radius 3 is 2.45 bits per heavy atom. The fraction of sp³-hybridized carbons (Fsp3) is 0.125. The molecule has 2 atom stereocenters. The standard InChI is InChI=1S/C24H21ClN4O2/c25-17-12-10-16(11-13-17)21-18-8-4-5-9-20(18)27-24(31)22(28-21)29-23(30)19(26)14-15-6-2-1-3-7-15/h1-13,19,22H,14,26H2,(H,27,31)(H,29,30). The highest BCUT2D eigenvalue weighted by atomic mass is 35.5. The molecule has 4 rings (SSSR count). The van der Waals surface area contributed by atoms with Crippen molar-refractivity contribution in [3.63, 3.8) is 0 Å². The summed E-state index contributed by atoms with van der Waals surface area (Å²) in [5, 5.41) is 6.12. The molecule has 2 amide bonds. The quantitative estimate of drug-likeness (QED) is 0.577. The average molecular weight is 433 g/mol. The van der Waals surface area contributed by atoms with Crippen LogP contribution in [0, 0.1) is 0 Å². The van der Waals surface area contributed by atoms with E-state index in [-0.39, 0.29) is 0 Å². The first-order valence-corrected chi connectivity index (χ1v) is 10.2. The zero-order valence-electron chi connectivity index (χ0n) is 16.6. The molecule has 0 aromatic heterocycles. The predicted octanol–water partition coefficient (Wildman–Crippen LogP) is 3.14. The van der Waals surface area contributed by atoms with Gasteiger partial charge in [0.25, 0.3) is 5.91 Å². The van der Waals surface area contributed by atoms with Crippen molar-refractivity contribution >= 4 is 34.8 Å². The number of anilines is 1. The molecule has 1 heterocycles. The van der Waals surface area contributed by atoms with Gasteiger partial charge in [-0.3, -0.25) is 9.59 Å². The first-order valence-electron chi connectivity index (χ1n) is 9.85. The number of carbonyl (C=O) groups is 2. The average Bonchev–Trinajstić information content (AvgIpc) is 2.91. The summed E-state index contributed by atoms with van der Waals surface area (Å²) in [5.74, 6) is -0.883. The highest BCUT2D eigenvalue weighted by Crippen LogP contribution is 2.24. The summed E-state index contributed by atoms with van der Waals surface area (Å²) in [6, 6.07) is 23.2. The molecule has 3 aromatic rings. The lowest BCUT2D eigenvalue weighted by molar-refractivity contribution is -0.127. The second kappa shape index (κ2) is 9.12. The van der Waals surface area contributed by atoms with E-state index in [4.69, 9.17) is 17.3 Å². The number of hydrogen-bond donors (Lipinski definition) is 3. The maximum atomic E-state index is 12.8. The van der Waals surface area contributed by atoms with Crippen LogP contribution in [0.4, 0.5) is 5.69 Å². The van der Waals surface area contributed by atoms with Crippen LogP contribution < -0.4 is 16.4 Å². The second-order valence-corrected chi connectivity index (χ2v) is 7.66. The Kier molecular flexibility index (Phi) is 6.11. The van der Waals surface area contributed by atoms with Gasteiger partial charge in [0.2, 0.25) is 12.1 Å². The van der Waals surface area contributed by atoms with E-state index in [0.29, 0.717) is 22.8 Å². The van der Waals surface area contributed by atoms with E-state index in [1.54, 1.807) is 18.2 Å². The third-order valence-electron chi connectivity index (χ3n) is 4.98. The van der Waals surface area contributed by atoms with Crippen molar-refractivity contribution in [1.29, 1.82) is 0 Å². The molecule has 6 nitrogen and oxygen atoms in total. The lowest BCUT2D eigenvalue weighted by atomic mass is 10.0. The van der Waals surface area contributed by atoms with E-state index >= 15 is 0 Å². The summed E-state index contributed by atoms with van der Waals surface area (Å²) in [5.41, 5.74) is 9.75. The Hall–Kier alpha value is -3.48. The SMILES string of the molecule is NC(Cc1ccccc1)C(=O)NC1N=C(c2ccc(Cl)cc2)c2ccccc2NC1=O. The number of nitrogens with two attached hydrogens (primary N) is 1. The van der Waals surface area contributed by atoms with E-state index in [9.17, 15) is 9.59 Å². The number of amides is 2. The highest BCUT2D eigenvalue weighted by molar-refractivity contribution is 6.30. The summed E-state index contributed by atoms with van der Waals surface area (Å²) in [4.78, 5) is 30.2. The topological polar surface area (TPSA) is 96.6 Å². The van der Waals surface area contributed by atoms with Crippen LogP contribution >= 0.6 is 11.6 Å². The molecule has 2 unspecified atom stereocenters. The zero-order chi connectivity index (χ0) is 21.8. The molecule has 0 saturated carbocycles. The van der Waals surface area contributed by atoms with Gasteiger partial charge in [0, 0.05) is 16.1 Å². The van der Waals surface area contributed by atoms with Gasteiger partial charge in [-0.25, -0.2) is 4.99 Å². The lowest BCUT2D eigenvalue weighted by Crippen LogP contribution is -2.49. The summed E-state index contributed by atoms with van der Waals surface area (Å²) in [6.45, 7) is 0. The van der Waals surface area contributed by atoms with Gasteiger partial charge in [-0.1, -0.05) is 72.3 Å². The third-order valence-corrected chi connectivity index (χ3v) is 5.23. The van der Waals surface area contributed by atoms with Gasteiger partial charge in [0.05, 0.1) is 17.4 Å². The largest absolute Gasteiger partial charge is 0.325 e. The predicted molar refractivity (Wildman–Crippen MR) is 122 cm³/mol. The van der Waals surface area contributed by atoms with Crippen LogP contribution in [0.25, 0.3) is 0 Å². The smallest absolute Gasteiger partial charge is 0.269 e. The molecule has 4 N–H and O–H groups in total. The molecule has 0 spiro atoms. The van der Waals surface area contributed by atoms with Crippen LogP contribution in [0.2, 0.25) is 5.02 Å². The monoisotopic (exact) mass is 432 g/mol. The van der Waals surface area contributed by atoms with Gasteiger partial charge in [-0.05, 0) is 30.2 Å². The van der Waals surface area contributed by atoms with Gasteiger partial charge in [-0.15, -0.1) is 0 Å². The minimum absolute atomic E-state index is 0.356. The minimum Gasteiger partial charge on any atom is -0.325 e. The number of nitrogens with zero attached hydrogens (tertiary/aromatic N) is 1. The maximum absolute atomic E-state index is 12.8. The van der Waals surface area contributed by atoms with Crippen LogP contribution in [-0.2, 0) is 16.0 Å². The van der Waals surface area contributed by atoms with Crippen LogP contribution in [0.1, 0.15) is 16.7 Å². The van der Waals surface area contributed by atoms with Crippen LogP contribution in [0.3, 0.4) is 0 Å². The van der Waals surface area contributed by atoms with E-state index < -0.39 is 24.0 Å². The number of para-hydroxylation sites is 1. The van der Waals surface area contributed by atoms with Crippen molar-refractivity contribution < 1.29 is 9.59 Å². The number of fused-ring (bicyclic) bond motifs is 1. The normalized spacial score (nSPS) is 16.4. The Morgan fingerprint density at radius 1 is 1.03 bits per heavy atom. The molecule has 3 aromatic carbocycles. The molecule has 7 heteroatoms. The Labute approximate surface area is 185 Å². The van der Waals surface area contributed by atoms with Crippen molar-refractivity contribution in [3.05, 3.63) is 101 Å². The Bertz CT molecular complexity index is 1130. The molecule has 0 saturated heterocycles. The molecular formula is C24H21ClN4O2. The number of benzene rings is 3. The molecule has 0 bridgehead atoms. The van der Waals surface area contributed by atoms with Gasteiger partial charge in [-0.2, -0.15) is 0 Å². The van der Waals surface area contributed by atoms with Crippen LogP contribution in [0.15, 0.2) is 83.9 Å². The number of carbonyl (C=O) groups excluding carboxylic acids is 2. The maximum Gasteiger partial charge on any atom is 0.269 e. The van der Waals surface area contributed by atoms with Gasteiger partial charge in [0.15, 0.2) is 0 Å². The fourth-order valence-corrected chi connectivity index (χ4v) is 3.52. The van der Waals surface area contributed by atoms with E-state index in [1.165, 1.54) is 0 Å². The van der Waals surface area contributed by atoms with E-state index in [1.807, 2.05) is 60.7 Å². The fourth-order valence-electron chi connectivity index (χ4n) is 3.40. The molecule has 0 fully saturated rings. The Balaban J connectivity index is 1.62. The van der Waals surface area contributed by atoms with Crippen molar-refractivity contribution in [2.75, 3.05) is 5.32 Å². The molecule has 1 aliphatic rings. The molecule has 31 heavy (non-hydrogen) atoms.